The average Bonchev–Trinajstić information content (AvgIpc) is 2.57. The summed E-state index contributed by atoms with van der Waals surface area (Å²) in [5, 5.41) is 2.50. The first-order valence-corrected chi connectivity index (χ1v) is 11.3. The van der Waals surface area contributed by atoms with Gasteiger partial charge in [0.25, 0.3) is 0 Å². The highest BCUT2D eigenvalue weighted by Gasteiger charge is 2.26. The van der Waals surface area contributed by atoms with Crippen molar-refractivity contribution in [1.29, 1.82) is 0 Å². The van der Waals surface area contributed by atoms with Gasteiger partial charge in [0.15, 0.2) is 0 Å². The highest BCUT2D eigenvalue weighted by molar-refractivity contribution is 7.46. The summed E-state index contributed by atoms with van der Waals surface area (Å²) in [6.07, 6.45) is 15.1. The van der Waals surface area contributed by atoms with E-state index in [0.29, 0.717) is 0 Å². The van der Waals surface area contributed by atoms with Crippen molar-refractivity contribution in [1.82, 2.24) is 5.32 Å². The third-order valence-electron chi connectivity index (χ3n) is 4.79. The lowest BCUT2D eigenvalue weighted by Crippen LogP contribution is -2.25. The highest BCUT2D eigenvalue weighted by Crippen LogP contribution is 2.40. The Kier molecular flexibility index (Phi) is 10.0. The summed E-state index contributed by atoms with van der Waals surface area (Å²) in [4.78, 5) is 28.9. The van der Waals surface area contributed by atoms with Gasteiger partial charge < -0.3 is 15.1 Å². The van der Waals surface area contributed by atoms with Crippen LogP contribution < -0.4 is 5.32 Å². The first-order chi connectivity index (χ1) is 13.4. The van der Waals surface area contributed by atoms with Crippen molar-refractivity contribution < 1.29 is 23.7 Å². The Morgan fingerprint density at radius 3 is 2.55 bits per heavy atom. The second kappa shape index (κ2) is 11.5. The molecule has 0 atom stereocenters. The molecule has 162 valence electrons. The molecule has 6 nitrogen and oxygen atoms in total. The van der Waals surface area contributed by atoms with Gasteiger partial charge in [-0.25, -0.2) is 4.57 Å². The predicted octanol–water partition coefficient (Wildman–Crippen LogP) is 4.74. The Morgan fingerprint density at radius 2 is 1.93 bits per heavy atom. The number of allylic oxidation sites excluding steroid dienone is 9. The van der Waals surface area contributed by atoms with E-state index in [-0.39, 0.29) is 24.5 Å². The molecule has 0 aromatic carbocycles. The minimum atomic E-state index is -4.50. The molecule has 0 fully saturated rings. The minimum absolute atomic E-state index is 0.0207. The zero-order chi connectivity index (χ0) is 22.1. The van der Waals surface area contributed by atoms with E-state index in [0.717, 1.165) is 11.1 Å². The SMILES string of the molecule is CC1=C(/C=C/C(C)=C/C=C/C(C)=C\C(=O)NCCOP(=O)(O)O)C(C)(C)CCC1. The molecular weight excluding hydrogens is 389 g/mol. The summed E-state index contributed by atoms with van der Waals surface area (Å²) in [5.74, 6) is -0.344. The van der Waals surface area contributed by atoms with Gasteiger partial charge in [-0.15, -0.1) is 0 Å². The second-order valence-electron chi connectivity index (χ2n) is 8.04. The molecule has 0 unspecified atom stereocenters. The smallest absolute Gasteiger partial charge is 0.350 e. The molecule has 1 rings (SSSR count). The first-order valence-electron chi connectivity index (χ1n) is 9.80. The molecule has 3 N–H and O–H groups in total. The quantitative estimate of drug-likeness (QED) is 0.215. The Hall–Kier alpha value is -1.72. The van der Waals surface area contributed by atoms with Crippen LogP contribution in [0.4, 0.5) is 0 Å². The number of rotatable bonds is 9. The summed E-state index contributed by atoms with van der Waals surface area (Å²) in [5.41, 5.74) is 5.00. The number of amides is 1. The van der Waals surface area contributed by atoms with Crippen LogP contribution in [0.25, 0.3) is 0 Å². The van der Waals surface area contributed by atoms with Gasteiger partial charge in [-0.3, -0.25) is 9.32 Å². The van der Waals surface area contributed by atoms with Crippen molar-refractivity contribution in [3.05, 3.63) is 58.7 Å². The van der Waals surface area contributed by atoms with Crippen LogP contribution in [0, 0.1) is 5.41 Å². The highest BCUT2D eigenvalue weighted by atomic mass is 31.2. The summed E-state index contributed by atoms with van der Waals surface area (Å²) >= 11 is 0. The van der Waals surface area contributed by atoms with E-state index >= 15 is 0 Å². The molecule has 0 heterocycles. The molecule has 7 heteroatoms. The third-order valence-corrected chi connectivity index (χ3v) is 5.31. The number of phosphoric acid groups is 1. The molecule has 0 radical (unpaired) electrons. The average molecular weight is 423 g/mol. The van der Waals surface area contributed by atoms with E-state index < -0.39 is 7.82 Å². The maximum Gasteiger partial charge on any atom is 0.469 e. The second-order valence-corrected chi connectivity index (χ2v) is 9.28. The maximum atomic E-state index is 11.7. The lowest BCUT2D eigenvalue weighted by Gasteiger charge is -2.32. The van der Waals surface area contributed by atoms with E-state index in [1.165, 1.54) is 36.5 Å². The summed E-state index contributed by atoms with van der Waals surface area (Å²) in [6, 6.07) is 0. The standard InChI is InChI=1S/C22H34NO5P/c1-17(11-12-20-19(3)10-7-13-22(20,4)5)8-6-9-18(2)16-21(24)23-14-15-28-29(25,26)27/h6,8-9,11-12,16H,7,10,13-15H2,1-5H3,(H,23,24)(H2,25,26,27)/b9-6+,12-11+,17-8+,18-16-. The normalized spacial score (nSPS) is 18.7. The van der Waals surface area contributed by atoms with Crippen LogP contribution in [0.1, 0.15) is 53.9 Å². The Labute approximate surface area is 174 Å². The molecule has 0 saturated carbocycles. The van der Waals surface area contributed by atoms with Crippen LogP contribution in [-0.4, -0.2) is 28.8 Å². The van der Waals surface area contributed by atoms with E-state index in [1.807, 2.05) is 25.2 Å². The van der Waals surface area contributed by atoms with Gasteiger partial charge in [-0.2, -0.15) is 0 Å². The van der Waals surface area contributed by atoms with Crippen LogP contribution >= 0.6 is 7.82 Å². The molecule has 1 amide bonds. The molecular formula is C22H34NO5P. The fourth-order valence-electron chi connectivity index (χ4n) is 3.28. The largest absolute Gasteiger partial charge is 0.469 e. The summed E-state index contributed by atoms with van der Waals surface area (Å²) < 4.78 is 14.8. The van der Waals surface area contributed by atoms with Gasteiger partial charge >= 0.3 is 7.82 Å². The number of hydrogen-bond acceptors (Lipinski definition) is 3. The minimum Gasteiger partial charge on any atom is -0.350 e. The van der Waals surface area contributed by atoms with Crippen molar-refractivity contribution in [3.63, 3.8) is 0 Å². The number of hydrogen-bond donors (Lipinski definition) is 3. The zero-order valence-corrected chi connectivity index (χ0v) is 19.0. The fourth-order valence-corrected chi connectivity index (χ4v) is 3.61. The monoisotopic (exact) mass is 423 g/mol. The van der Waals surface area contributed by atoms with Crippen LogP contribution in [0.3, 0.4) is 0 Å². The van der Waals surface area contributed by atoms with Crippen LogP contribution in [0.2, 0.25) is 0 Å². The van der Waals surface area contributed by atoms with E-state index in [1.54, 1.807) is 6.92 Å². The summed E-state index contributed by atoms with van der Waals surface area (Å²) in [6.45, 7) is 10.4. The lowest BCUT2D eigenvalue weighted by atomic mass is 9.72. The van der Waals surface area contributed by atoms with Crippen molar-refractivity contribution in [2.45, 2.75) is 53.9 Å². The Balaban J connectivity index is 2.57. The Bertz CT molecular complexity index is 781. The van der Waals surface area contributed by atoms with Crippen molar-refractivity contribution in [3.8, 4) is 0 Å². The molecule has 1 aliphatic rings. The molecule has 1 aliphatic carbocycles. The molecule has 0 saturated heterocycles. The Morgan fingerprint density at radius 1 is 1.24 bits per heavy atom. The number of carbonyl (C=O) groups excluding carboxylic acids is 1. The number of carbonyl (C=O) groups is 1. The van der Waals surface area contributed by atoms with Gasteiger partial charge in [-0.05, 0) is 56.6 Å². The van der Waals surface area contributed by atoms with Crippen LogP contribution in [-0.2, 0) is 13.9 Å². The maximum absolute atomic E-state index is 11.7. The first kappa shape index (κ1) is 25.3. The van der Waals surface area contributed by atoms with E-state index in [4.69, 9.17) is 9.79 Å². The number of nitrogens with one attached hydrogen (secondary N) is 1. The van der Waals surface area contributed by atoms with Gasteiger partial charge in [0, 0.05) is 12.6 Å². The van der Waals surface area contributed by atoms with Crippen LogP contribution in [0.15, 0.2) is 58.7 Å². The molecule has 0 bridgehead atoms. The predicted molar refractivity (Wildman–Crippen MR) is 117 cm³/mol. The molecule has 0 aromatic heterocycles. The molecule has 29 heavy (non-hydrogen) atoms. The van der Waals surface area contributed by atoms with Gasteiger partial charge in [0.1, 0.15) is 0 Å². The van der Waals surface area contributed by atoms with Gasteiger partial charge in [-0.1, -0.05) is 55.4 Å². The number of phosphoric ester groups is 1. The molecule has 0 aliphatic heterocycles. The third kappa shape index (κ3) is 10.6. The summed E-state index contributed by atoms with van der Waals surface area (Å²) in [7, 11) is -4.50. The van der Waals surface area contributed by atoms with Gasteiger partial charge in [0.05, 0.1) is 6.61 Å². The van der Waals surface area contributed by atoms with Crippen molar-refractivity contribution >= 4 is 13.7 Å². The van der Waals surface area contributed by atoms with Crippen LogP contribution in [0.5, 0.6) is 0 Å². The van der Waals surface area contributed by atoms with E-state index in [9.17, 15) is 9.36 Å². The molecule has 0 spiro atoms. The van der Waals surface area contributed by atoms with Crippen molar-refractivity contribution in [2.24, 2.45) is 5.41 Å². The zero-order valence-electron chi connectivity index (χ0n) is 18.1. The topological polar surface area (TPSA) is 95.9 Å². The van der Waals surface area contributed by atoms with Crippen molar-refractivity contribution in [2.75, 3.05) is 13.2 Å². The van der Waals surface area contributed by atoms with E-state index in [2.05, 4.69) is 42.8 Å². The molecule has 0 aromatic rings. The fraction of sp³-hybridized carbons (Fsp3) is 0.500. The lowest BCUT2D eigenvalue weighted by molar-refractivity contribution is -0.116. The van der Waals surface area contributed by atoms with Gasteiger partial charge in [0.2, 0.25) is 5.91 Å².